The van der Waals surface area contributed by atoms with Crippen molar-refractivity contribution in [3.8, 4) is 16.3 Å². The van der Waals surface area contributed by atoms with E-state index in [1.54, 1.807) is 18.2 Å². The van der Waals surface area contributed by atoms with Gasteiger partial charge in [0, 0.05) is 6.54 Å². The van der Waals surface area contributed by atoms with Gasteiger partial charge < -0.3 is 10.5 Å². The zero-order valence-corrected chi connectivity index (χ0v) is 11.7. The lowest BCUT2D eigenvalue weighted by atomic mass is 10.1. The summed E-state index contributed by atoms with van der Waals surface area (Å²) in [7, 11) is 1.47. The van der Waals surface area contributed by atoms with Crippen LogP contribution in [0.2, 0.25) is 0 Å². The minimum atomic E-state index is -4.50. The third kappa shape index (κ3) is 2.78. The number of benzene rings is 1. The Morgan fingerprint density at radius 3 is 2.55 bits per heavy atom. The van der Waals surface area contributed by atoms with Crippen LogP contribution >= 0.6 is 11.3 Å². The van der Waals surface area contributed by atoms with Crippen molar-refractivity contribution in [3.63, 3.8) is 0 Å². The summed E-state index contributed by atoms with van der Waals surface area (Å²) in [5, 5.41) is 0.259. The number of hydrogen-bond acceptors (Lipinski definition) is 4. The minimum Gasteiger partial charge on any atom is -0.496 e. The number of thiazole rings is 1. The highest BCUT2D eigenvalue weighted by atomic mass is 32.1. The van der Waals surface area contributed by atoms with E-state index >= 15 is 0 Å². The summed E-state index contributed by atoms with van der Waals surface area (Å²) in [5.41, 5.74) is 5.95. The van der Waals surface area contributed by atoms with Gasteiger partial charge in [0.25, 0.3) is 0 Å². The van der Waals surface area contributed by atoms with E-state index in [-0.39, 0.29) is 16.4 Å². The van der Waals surface area contributed by atoms with Gasteiger partial charge in [0.05, 0.1) is 17.6 Å². The maximum Gasteiger partial charge on any atom is 0.434 e. The Morgan fingerprint density at radius 1 is 1.35 bits per heavy atom. The lowest BCUT2D eigenvalue weighted by molar-refractivity contribution is -0.141. The van der Waals surface area contributed by atoms with E-state index in [1.807, 2.05) is 6.92 Å². The molecule has 0 amide bonds. The maximum atomic E-state index is 12.9. The van der Waals surface area contributed by atoms with E-state index in [9.17, 15) is 13.2 Å². The highest BCUT2D eigenvalue weighted by Gasteiger charge is 2.37. The summed E-state index contributed by atoms with van der Waals surface area (Å²) in [6, 6.07) is 5.26. The van der Waals surface area contributed by atoms with Crippen LogP contribution in [0.5, 0.6) is 5.75 Å². The highest BCUT2D eigenvalue weighted by Crippen LogP contribution is 2.40. The van der Waals surface area contributed by atoms with E-state index < -0.39 is 11.9 Å². The molecular weight excluding hydrogens is 289 g/mol. The Labute approximate surface area is 118 Å². The van der Waals surface area contributed by atoms with Gasteiger partial charge in [-0.25, -0.2) is 4.98 Å². The fourth-order valence-corrected chi connectivity index (χ4v) is 2.79. The van der Waals surface area contributed by atoms with Crippen LogP contribution in [0.4, 0.5) is 13.2 Å². The third-order valence-corrected chi connectivity index (χ3v) is 3.85. The number of nitrogens with zero attached hydrogens (tertiary/aromatic N) is 1. The fraction of sp³-hybridized carbons (Fsp3) is 0.308. The van der Waals surface area contributed by atoms with Gasteiger partial charge in [-0.1, -0.05) is 6.07 Å². The van der Waals surface area contributed by atoms with Gasteiger partial charge in [0.2, 0.25) is 0 Å². The Balaban J connectivity index is 2.57. The Morgan fingerprint density at radius 2 is 2.05 bits per heavy atom. The van der Waals surface area contributed by atoms with Gasteiger partial charge >= 0.3 is 6.18 Å². The molecule has 0 fully saturated rings. The lowest BCUT2D eigenvalue weighted by Crippen LogP contribution is -2.10. The number of alkyl halides is 3. The van der Waals surface area contributed by atoms with Crippen LogP contribution in [0.25, 0.3) is 10.6 Å². The lowest BCUT2D eigenvalue weighted by Gasteiger charge is -2.07. The van der Waals surface area contributed by atoms with Gasteiger partial charge in [-0.3, -0.25) is 0 Å². The summed E-state index contributed by atoms with van der Waals surface area (Å²) in [6.07, 6.45) is -4.50. The number of aryl methyl sites for hydroxylation is 1. The smallest absolute Gasteiger partial charge is 0.434 e. The molecule has 0 atom stereocenters. The fourth-order valence-electron chi connectivity index (χ4n) is 1.80. The molecular formula is C13H13F3N2OS. The average Bonchev–Trinajstić information content (AvgIpc) is 2.82. The van der Waals surface area contributed by atoms with Gasteiger partial charge in [0.15, 0.2) is 5.69 Å². The number of hydrogen-bond donors (Lipinski definition) is 1. The molecule has 2 aromatic rings. The SMILES string of the molecule is COc1cc(C)ccc1-c1nc(C(F)(F)F)c(CN)s1. The summed E-state index contributed by atoms with van der Waals surface area (Å²) in [6.45, 7) is 1.68. The van der Waals surface area contributed by atoms with Crippen LogP contribution < -0.4 is 10.5 Å². The number of nitrogens with two attached hydrogens (primary N) is 1. The van der Waals surface area contributed by atoms with Crippen molar-refractivity contribution < 1.29 is 17.9 Å². The molecule has 0 spiro atoms. The molecule has 2 rings (SSSR count). The molecule has 108 valence electrons. The zero-order valence-electron chi connectivity index (χ0n) is 10.9. The average molecular weight is 302 g/mol. The van der Waals surface area contributed by atoms with Gasteiger partial charge in [-0.05, 0) is 24.6 Å². The van der Waals surface area contributed by atoms with Crippen LogP contribution in [0.1, 0.15) is 16.1 Å². The second-order valence-corrected chi connectivity index (χ2v) is 5.28. The highest BCUT2D eigenvalue weighted by molar-refractivity contribution is 7.15. The molecule has 0 saturated carbocycles. The van der Waals surface area contributed by atoms with Crippen LogP contribution in [-0.2, 0) is 12.7 Å². The first-order valence-electron chi connectivity index (χ1n) is 5.78. The molecule has 7 heteroatoms. The Hall–Kier alpha value is -1.60. The maximum absolute atomic E-state index is 12.9. The molecule has 0 radical (unpaired) electrons. The van der Waals surface area contributed by atoms with Crippen LogP contribution in [0, 0.1) is 6.92 Å². The van der Waals surface area contributed by atoms with Crippen molar-refractivity contribution in [3.05, 3.63) is 34.3 Å². The Kier molecular flexibility index (Phi) is 4.01. The predicted molar refractivity (Wildman–Crippen MR) is 71.7 cm³/mol. The second kappa shape index (κ2) is 5.41. The first-order valence-corrected chi connectivity index (χ1v) is 6.60. The van der Waals surface area contributed by atoms with E-state index in [0.29, 0.717) is 11.3 Å². The molecule has 20 heavy (non-hydrogen) atoms. The zero-order chi connectivity index (χ0) is 14.9. The van der Waals surface area contributed by atoms with Gasteiger partial charge in [0.1, 0.15) is 10.8 Å². The molecule has 0 aliphatic heterocycles. The number of rotatable bonds is 3. The van der Waals surface area contributed by atoms with Crippen molar-refractivity contribution in [2.45, 2.75) is 19.6 Å². The van der Waals surface area contributed by atoms with Crippen molar-refractivity contribution >= 4 is 11.3 Å². The van der Waals surface area contributed by atoms with E-state index in [4.69, 9.17) is 10.5 Å². The molecule has 1 aromatic heterocycles. The number of ether oxygens (including phenoxy) is 1. The summed E-state index contributed by atoms with van der Waals surface area (Å²) >= 11 is 0.939. The van der Waals surface area contributed by atoms with Crippen LogP contribution in [0.15, 0.2) is 18.2 Å². The number of aromatic nitrogens is 1. The Bertz CT molecular complexity index is 623. The van der Waals surface area contributed by atoms with E-state index in [1.165, 1.54) is 7.11 Å². The molecule has 0 saturated heterocycles. The van der Waals surface area contributed by atoms with Gasteiger partial charge in [-0.2, -0.15) is 13.2 Å². The normalized spacial score (nSPS) is 11.7. The van der Waals surface area contributed by atoms with Crippen molar-refractivity contribution in [1.29, 1.82) is 0 Å². The predicted octanol–water partition coefficient (Wildman–Crippen LogP) is 3.60. The molecule has 0 aliphatic carbocycles. The summed E-state index contributed by atoms with van der Waals surface area (Å²) < 4.78 is 43.8. The summed E-state index contributed by atoms with van der Waals surface area (Å²) in [5.74, 6) is 0.496. The standard InChI is InChI=1S/C13H13F3N2OS/c1-7-3-4-8(9(5-7)19-2)12-18-11(13(14,15)16)10(6-17)20-12/h3-5H,6,17H2,1-2H3. The largest absolute Gasteiger partial charge is 0.496 e. The van der Waals surface area contributed by atoms with Gasteiger partial charge in [-0.15, -0.1) is 11.3 Å². The first-order chi connectivity index (χ1) is 9.36. The number of methoxy groups -OCH3 is 1. The number of halogens is 3. The molecule has 2 N–H and O–H groups in total. The molecule has 0 bridgehead atoms. The monoisotopic (exact) mass is 302 g/mol. The minimum absolute atomic E-state index is 0.0233. The molecule has 0 unspecified atom stereocenters. The van der Waals surface area contributed by atoms with E-state index in [0.717, 1.165) is 16.9 Å². The third-order valence-electron chi connectivity index (χ3n) is 2.74. The quantitative estimate of drug-likeness (QED) is 0.942. The molecule has 0 aliphatic rings. The topological polar surface area (TPSA) is 48.1 Å². The van der Waals surface area contributed by atoms with Crippen LogP contribution in [-0.4, -0.2) is 12.1 Å². The van der Waals surface area contributed by atoms with Crippen molar-refractivity contribution in [2.75, 3.05) is 7.11 Å². The van der Waals surface area contributed by atoms with E-state index in [2.05, 4.69) is 4.98 Å². The van der Waals surface area contributed by atoms with Crippen LogP contribution in [0.3, 0.4) is 0 Å². The second-order valence-electron chi connectivity index (χ2n) is 4.20. The first kappa shape index (κ1) is 14.8. The molecule has 1 heterocycles. The van der Waals surface area contributed by atoms with Crippen molar-refractivity contribution in [1.82, 2.24) is 4.98 Å². The molecule has 1 aromatic carbocycles. The van der Waals surface area contributed by atoms with Crippen molar-refractivity contribution in [2.24, 2.45) is 5.73 Å². The summed E-state index contributed by atoms with van der Waals surface area (Å²) in [4.78, 5) is 3.72. The molecule has 3 nitrogen and oxygen atoms in total.